The Morgan fingerprint density at radius 3 is 2.69 bits per heavy atom. The Hall–Kier alpha value is -2.84. The molecule has 1 aliphatic rings. The van der Waals surface area contributed by atoms with Crippen molar-refractivity contribution in [1.29, 1.82) is 0 Å². The minimum Gasteiger partial charge on any atom is -0.507 e. The number of hydrogen-bond acceptors (Lipinski definition) is 6. The molecule has 0 radical (unpaired) electrons. The molecule has 3 rings (SSSR count). The SMILES string of the molecule is O=C1S/C(=C\c2cc([N+](=O)[O-])ccc2O)C(=O)N1Cc1cccc(Cl)c1. The maximum atomic E-state index is 12.5. The largest absolute Gasteiger partial charge is 0.507 e. The van der Waals surface area contributed by atoms with Gasteiger partial charge in [0.15, 0.2) is 0 Å². The Bertz CT molecular complexity index is 960. The third-order valence-electron chi connectivity index (χ3n) is 3.61. The van der Waals surface area contributed by atoms with Gasteiger partial charge in [-0.3, -0.25) is 24.6 Å². The van der Waals surface area contributed by atoms with Gasteiger partial charge in [-0.2, -0.15) is 0 Å². The van der Waals surface area contributed by atoms with Crippen molar-refractivity contribution >= 4 is 46.3 Å². The van der Waals surface area contributed by atoms with Crippen LogP contribution in [-0.4, -0.2) is 26.1 Å². The van der Waals surface area contributed by atoms with Gasteiger partial charge in [0.25, 0.3) is 16.8 Å². The van der Waals surface area contributed by atoms with Crippen LogP contribution in [0.15, 0.2) is 47.4 Å². The van der Waals surface area contributed by atoms with Crippen molar-refractivity contribution in [2.45, 2.75) is 6.54 Å². The molecule has 0 saturated carbocycles. The molecule has 7 nitrogen and oxygen atoms in total. The van der Waals surface area contributed by atoms with Crippen molar-refractivity contribution < 1.29 is 19.6 Å². The number of halogens is 1. The van der Waals surface area contributed by atoms with E-state index in [0.717, 1.165) is 17.0 Å². The molecule has 0 unspecified atom stereocenters. The number of aromatic hydroxyl groups is 1. The molecule has 0 aliphatic carbocycles. The van der Waals surface area contributed by atoms with E-state index in [9.17, 15) is 24.8 Å². The molecular weight excluding hydrogens is 380 g/mol. The number of non-ortho nitro benzene ring substituents is 1. The monoisotopic (exact) mass is 390 g/mol. The van der Waals surface area contributed by atoms with Gasteiger partial charge < -0.3 is 5.11 Å². The molecule has 1 heterocycles. The smallest absolute Gasteiger partial charge is 0.293 e. The summed E-state index contributed by atoms with van der Waals surface area (Å²) >= 11 is 6.62. The fourth-order valence-corrected chi connectivity index (χ4v) is 3.41. The summed E-state index contributed by atoms with van der Waals surface area (Å²) in [4.78, 5) is 36.0. The number of hydrogen-bond donors (Lipinski definition) is 1. The van der Waals surface area contributed by atoms with Crippen LogP contribution in [0.4, 0.5) is 10.5 Å². The maximum absolute atomic E-state index is 12.5. The molecule has 0 spiro atoms. The van der Waals surface area contributed by atoms with E-state index in [0.29, 0.717) is 22.3 Å². The molecule has 0 aromatic heterocycles. The van der Waals surface area contributed by atoms with Crippen molar-refractivity contribution in [1.82, 2.24) is 4.90 Å². The van der Waals surface area contributed by atoms with Gasteiger partial charge in [-0.1, -0.05) is 23.7 Å². The number of amides is 2. The first-order chi connectivity index (χ1) is 12.3. The standard InChI is InChI=1S/C17H11ClN2O5S/c18-12-3-1-2-10(6-12)9-19-16(22)15(26-17(19)23)8-11-7-13(20(24)25)4-5-14(11)21/h1-8,21H,9H2/b15-8-. The lowest BCUT2D eigenvalue weighted by atomic mass is 10.1. The molecule has 9 heteroatoms. The summed E-state index contributed by atoms with van der Waals surface area (Å²) < 4.78 is 0. The zero-order valence-electron chi connectivity index (χ0n) is 13.1. The van der Waals surface area contributed by atoms with E-state index in [1.54, 1.807) is 24.3 Å². The summed E-state index contributed by atoms with van der Waals surface area (Å²) in [6, 6.07) is 10.3. The Labute approximate surface area is 157 Å². The second-order valence-electron chi connectivity index (χ2n) is 5.40. The molecule has 132 valence electrons. The molecule has 1 N–H and O–H groups in total. The second kappa shape index (κ2) is 7.19. The second-order valence-corrected chi connectivity index (χ2v) is 6.83. The summed E-state index contributed by atoms with van der Waals surface area (Å²) in [6.45, 7) is 0.0590. The van der Waals surface area contributed by atoms with Gasteiger partial charge in [-0.15, -0.1) is 0 Å². The number of imide groups is 1. The Morgan fingerprint density at radius 1 is 1.23 bits per heavy atom. The van der Waals surface area contributed by atoms with Crippen molar-refractivity contribution in [3.63, 3.8) is 0 Å². The molecule has 26 heavy (non-hydrogen) atoms. The summed E-state index contributed by atoms with van der Waals surface area (Å²) in [5.74, 6) is -0.761. The quantitative estimate of drug-likeness (QED) is 0.477. The predicted molar refractivity (Wildman–Crippen MR) is 97.7 cm³/mol. The van der Waals surface area contributed by atoms with Gasteiger partial charge >= 0.3 is 0 Å². The Morgan fingerprint density at radius 2 is 2.00 bits per heavy atom. The molecule has 2 aromatic rings. The number of carbonyl (C=O) groups excluding carboxylic acids is 2. The van der Waals surface area contributed by atoms with Crippen LogP contribution < -0.4 is 0 Å². The van der Waals surface area contributed by atoms with Crippen LogP contribution in [0.3, 0.4) is 0 Å². The molecule has 1 aliphatic heterocycles. The molecule has 2 amide bonds. The Kier molecular flexibility index (Phi) is 4.97. The summed E-state index contributed by atoms with van der Waals surface area (Å²) in [5, 5.41) is 20.7. The Balaban J connectivity index is 1.88. The van der Waals surface area contributed by atoms with Gasteiger partial charge in [0.1, 0.15) is 5.75 Å². The highest BCUT2D eigenvalue weighted by Crippen LogP contribution is 2.35. The molecular formula is C17H11ClN2O5S. The molecule has 1 saturated heterocycles. The van der Waals surface area contributed by atoms with Gasteiger partial charge in [-0.05, 0) is 41.6 Å². The third kappa shape index (κ3) is 3.71. The van der Waals surface area contributed by atoms with Crippen molar-refractivity contribution in [3.05, 3.63) is 73.6 Å². The number of phenolic OH excluding ortho intramolecular Hbond substituents is 1. The molecule has 0 bridgehead atoms. The number of thioether (sulfide) groups is 1. The molecule has 2 aromatic carbocycles. The topological polar surface area (TPSA) is 101 Å². The third-order valence-corrected chi connectivity index (χ3v) is 4.75. The van der Waals surface area contributed by atoms with E-state index in [1.165, 1.54) is 12.1 Å². The van der Waals surface area contributed by atoms with E-state index < -0.39 is 16.1 Å². The van der Waals surface area contributed by atoms with Gasteiger partial charge in [0.05, 0.1) is 16.4 Å². The van der Waals surface area contributed by atoms with E-state index in [-0.39, 0.29) is 28.5 Å². The average Bonchev–Trinajstić information content (AvgIpc) is 2.84. The van der Waals surface area contributed by atoms with E-state index >= 15 is 0 Å². The van der Waals surface area contributed by atoms with Gasteiger partial charge in [-0.25, -0.2) is 0 Å². The number of nitrogens with zero attached hydrogens (tertiary/aromatic N) is 2. The number of phenols is 1. The summed E-state index contributed by atoms with van der Waals surface area (Å²) in [7, 11) is 0. The number of nitro benzene ring substituents is 1. The summed E-state index contributed by atoms with van der Waals surface area (Å²) in [6.07, 6.45) is 1.27. The number of rotatable bonds is 4. The minimum absolute atomic E-state index is 0.0590. The molecule has 0 atom stereocenters. The van der Waals surface area contributed by atoms with Crippen molar-refractivity contribution in [2.24, 2.45) is 0 Å². The lowest BCUT2D eigenvalue weighted by Gasteiger charge is -2.12. The first kappa shape index (κ1) is 18.0. The van der Waals surface area contributed by atoms with Gasteiger partial charge in [0.2, 0.25) is 0 Å². The normalized spacial score (nSPS) is 15.7. The predicted octanol–water partition coefficient (Wildman–Crippen LogP) is 4.19. The number of benzene rings is 2. The highest BCUT2D eigenvalue weighted by atomic mass is 35.5. The van der Waals surface area contributed by atoms with Crippen molar-refractivity contribution in [2.75, 3.05) is 0 Å². The van der Waals surface area contributed by atoms with E-state index in [4.69, 9.17) is 11.6 Å². The highest BCUT2D eigenvalue weighted by molar-refractivity contribution is 8.18. The van der Waals surface area contributed by atoms with Gasteiger partial charge in [0, 0.05) is 22.7 Å². The number of nitro groups is 1. The van der Waals surface area contributed by atoms with Crippen LogP contribution >= 0.6 is 23.4 Å². The first-order valence-electron chi connectivity index (χ1n) is 7.32. The van der Waals surface area contributed by atoms with Crippen LogP contribution in [-0.2, 0) is 11.3 Å². The number of carbonyl (C=O) groups is 2. The fraction of sp³-hybridized carbons (Fsp3) is 0.0588. The fourth-order valence-electron chi connectivity index (χ4n) is 2.37. The van der Waals surface area contributed by atoms with E-state index in [1.807, 2.05) is 0 Å². The minimum atomic E-state index is -0.609. The highest BCUT2D eigenvalue weighted by Gasteiger charge is 2.35. The van der Waals surface area contributed by atoms with Crippen LogP contribution in [0, 0.1) is 10.1 Å². The van der Waals surface area contributed by atoms with Crippen molar-refractivity contribution in [3.8, 4) is 5.75 Å². The van der Waals surface area contributed by atoms with Crippen LogP contribution in [0.5, 0.6) is 5.75 Å². The van der Waals surface area contributed by atoms with Crippen LogP contribution in [0.25, 0.3) is 6.08 Å². The van der Waals surface area contributed by atoms with E-state index in [2.05, 4.69) is 0 Å². The van der Waals surface area contributed by atoms with Crippen LogP contribution in [0.2, 0.25) is 5.02 Å². The average molecular weight is 391 g/mol. The van der Waals surface area contributed by atoms with Crippen LogP contribution in [0.1, 0.15) is 11.1 Å². The zero-order chi connectivity index (χ0) is 18.8. The summed E-state index contributed by atoms with van der Waals surface area (Å²) in [5.41, 5.74) is 0.555. The lowest BCUT2D eigenvalue weighted by molar-refractivity contribution is -0.384. The zero-order valence-corrected chi connectivity index (χ0v) is 14.7. The molecule has 1 fully saturated rings. The first-order valence-corrected chi connectivity index (χ1v) is 8.52. The maximum Gasteiger partial charge on any atom is 0.293 e. The lowest BCUT2D eigenvalue weighted by Crippen LogP contribution is -2.27.